The van der Waals surface area contributed by atoms with E-state index >= 15 is 0 Å². The van der Waals surface area contributed by atoms with Gasteiger partial charge in [0.15, 0.2) is 0 Å². The number of rotatable bonds is 3. The topological polar surface area (TPSA) is 26.2 Å². The molecule has 0 saturated carbocycles. The molecule has 1 fully saturated rings. The maximum absolute atomic E-state index is 5.75. The van der Waals surface area contributed by atoms with Gasteiger partial charge < -0.3 is 14.6 Å². The highest BCUT2D eigenvalue weighted by Gasteiger charge is 2.28. The summed E-state index contributed by atoms with van der Waals surface area (Å²) in [6.45, 7) is 10.6. The molecule has 0 spiro atoms. The summed E-state index contributed by atoms with van der Waals surface area (Å²) in [7, 11) is 2.13. The Kier molecular flexibility index (Phi) is 3.83. The Morgan fingerprint density at radius 2 is 2.17 bits per heavy atom. The Hall–Kier alpha value is -0.800. The smallest absolute Gasteiger partial charge is 0.0641 e. The maximum atomic E-state index is 5.75. The van der Waals surface area contributed by atoms with Crippen LogP contribution in [-0.2, 0) is 18.3 Å². The fraction of sp³-hybridized carbons (Fsp3) is 0.733. The predicted octanol–water partition coefficient (Wildman–Crippen LogP) is 2.69. The van der Waals surface area contributed by atoms with E-state index in [1.165, 1.54) is 17.0 Å². The van der Waals surface area contributed by atoms with E-state index in [1.54, 1.807) is 0 Å². The quantitative estimate of drug-likeness (QED) is 0.892. The third-order valence-electron chi connectivity index (χ3n) is 4.16. The van der Waals surface area contributed by atoms with E-state index in [9.17, 15) is 0 Å². The largest absolute Gasteiger partial charge is 0.375 e. The number of hydrogen-bond donors (Lipinski definition) is 1. The van der Waals surface area contributed by atoms with Gasteiger partial charge in [0.05, 0.1) is 5.60 Å². The molecular formula is C15H26N2O. The number of nitrogens with zero attached hydrogens (tertiary/aromatic N) is 1. The van der Waals surface area contributed by atoms with Gasteiger partial charge in [-0.2, -0.15) is 0 Å². The lowest BCUT2D eigenvalue weighted by Gasteiger charge is -2.36. The lowest BCUT2D eigenvalue weighted by molar-refractivity contribution is -0.0630. The number of ether oxygens (including phenoxy) is 1. The summed E-state index contributed by atoms with van der Waals surface area (Å²) >= 11 is 0. The Morgan fingerprint density at radius 3 is 2.72 bits per heavy atom. The molecule has 1 saturated heterocycles. The first-order valence-electron chi connectivity index (χ1n) is 6.88. The molecule has 18 heavy (non-hydrogen) atoms. The molecule has 1 aromatic heterocycles. The molecule has 1 aromatic rings. The van der Waals surface area contributed by atoms with Crippen LogP contribution >= 0.6 is 0 Å². The van der Waals surface area contributed by atoms with Crippen molar-refractivity contribution >= 4 is 0 Å². The summed E-state index contributed by atoms with van der Waals surface area (Å²) in [6, 6.07) is 2.86. The summed E-state index contributed by atoms with van der Waals surface area (Å²) in [6.07, 6.45) is 2.21. The molecule has 1 aliphatic rings. The van der Waals surface area contributed by atoms with E-state index in [1.807, 2.05) is 0 Å². The van der Waals surface area contributed by atoms with Gasteiger partial charge in [-0.1, -0.05) is 0 Å². The van der Waals surface area contributed by atoms with Crippen LogP contribution in [0.1, 0.15) is 43.6 Å². The SMILES string of the molecule is Cc1cc(CNC2CCOC(C)(C)C2)c(C)n1C. The molecule has 0 bridgehead atoms. The summed E-state index contributed by atoms with van der Waals surface area (Å²) in [4.78, 5) is 0. The second kappa shape index (κ2) is 5.06. The first kappa shape index (κ1) is 13.6. The van der Waals surface area contributed by atoms with E-state index in [4.69, 9.17) is 4.74 Å². The van der Waals surface area contributed by atoms with Gasteiger partial charge in [0.2, 0.25) is 0 Å². The highest BCUT2D eigenvalue weighted by Crippen LogP contribution is 2.24. The minimum atomic E-state index is 0.0254. The van der Waals surface area contributed by atoms with Gasteiger partial charge in [-0.15, -0.1) is 0 Å². The molecule has 3 heteroatoms. The molecule has 0 aromatic carbocycles. The minimum absolute atomic E-state index is 0.0254. The summed E-state index contributed by atoms with van der Waals surface area (Å²) in [5.41, 5.74) is 4.14. The van der Waals surface area contributed by atoms with Gasteiger partial charge in [-0.3, -0.25) is 0 Å². The predicted molar refractivity (Wildman–Crippen MR) is 74.8 cm³/mol. The standard InChI is InChI=1S/C15H26N2O/c1-11-8-13(12(2)17(11)5)10-16-14-6-7-18-15(3,4)9-14/h8,14,16H,6-7,9-10H2,1-5H3. The Labute approximate surface area is 111 Å². The van der Waals surface area contributed by atoms with Crippen molar-refractivity contribution in [3.8, 4) is 0 Å². The van der Waals surface area contributed by atoms with E-state index in [-0.39, 0.29) is 5.60 Å². The molecular weight excluding hydrogens is 224 g/mol. The monoisotopic (exact) mass is 250 g/mol. The zero-order valence-electron chi connectivity index (χ0n) is 12.3. The van der Waals surface area contributed by atoms with Crippen molar-refractivity contribution in [1.82, 2.24) is 9.88 Å². The van der Waals surface area contributed by atoms with Crippen LogP contribution in [0.2, 0.25) is 0 Å². The van der Waals surface area contributed by atoms with E-state index < -0.39 is 0 Å². The summed E-state index contributed by atoms with van der Waals surface area (Å²) in [5, 5.41) is 3.68. The average molecular weight is 250 g/mol. The fourth-order valence-electron chi connectivity index (χ4n) is 2.77. The Morgan fingerprint density at radius 1 is 1.44 bits per heavy atom. The highest BCUT2D eigenvalue weighted by molar-refractivity contribution is 5.26. The van der Waals surface area contributed by atoms with Crippen molar-refractivity contribution in [1.29, 1.82) is 0 Å². The van der Waals surface area contributed by atoms with Crippen LogP contribution in [0.4, 0.5) is 0 Å². The molecule has 1 N–H and O–H groups in total. The van der Waals surface area contributed by atoms with Gasteiger partial charge in [0, 0.05) is 37.6 Å². The lowest BCUT2D eigenvalue weighted by atomic mass is 9.94. The Balaban J connectivity index is 1.93. The van der Waals surface area contributed by atoms with Crippen LogP contribution in [0.25, 0.3) is 0 Å². The van der Waals surface area contributed by atoms with Gasteiger partial charge in [0.25, 0.3) is 0 Å². The zero-order valence-corrected chi connectivity index (χ0v) is 12.3. The Bertz CT molecular complexity index is 420. The first-order valence-corrected chi connectivity index (χ1v) is 6.88. The molecule has 3 nitrogen and oxygen atoms in total. The number of aryl methyl sites for hydroxylation is 1. The summed E-state index contributed by atoms with van der Waals surface area (Å²) in [5.74, 6) is 0. The third kappa shape index (κ3) is 2.96. The number of aromatic nitrogens is 1. The van der Waals surface area contributed by atoms with Crippen molar-refractivity contribution in [2.24, 2.45) is 7.05 Å². The normalized spacial score (nSPS) is 23.3. The van der Waals surface area contributed by atoms with E-state index in [2.05, 4.69) is 50.7 Å². The highest BCUT2D eigenvalue weighted by atomic mass is 16.5. The lowest BCUT2D eigenvalue weighted by Crippen LogP contribution is -2.43. The van der Waals surface area contributed by atoms with Gasteiger partial charge >= 0.3 is 0 Å². The fourth-order valence-corrected chi connectivity index (χ4v) is 2.77. The van der Waals surface area contributed by atoms with Gasteiger partial charge in [0.1, 0.15) is 0 Å². The van der Waals surface area contributed by atoms with Gasteiger partial charge in [-0.05, 0) is 52.2 Å². The summed E-state index contributed by atoms with van der Waals surface area (Å²) < 4.78 is 8.01. The molecule has 1 aliphatic heterocycles. The van der Waals surface area contributed by atoms with Crippen LogP contribution in [0.5, 0.6) is 0 Å². The number of hydrogen-bond acceptors (Lipinski definition) is 2. The molecule has 0 amide bonds. The van der Waals surface area contributed by atoms with Crippen molar-refractivity contribution in [2.45, 2.75) is 58.7 Å². The molecule has 1 atom stereocenters. The second-order valence-corrected chi connectivity index (χ2v) is 6.13. The molecule has 0 radical (unpaired) electrons. The van der Waals surface area contributed by atoms with Crippen molar-refractivity contribution in [3.05, 3.63) is 23.0 Å². The number of nitrogens with one attached hydrogen (secondary N) is 1. The minimum Gasteiger partial charge on any atom is -0.375 e. The van der Waals surface area contributed by atoms with Crippen LogP contribution in [0.3, 0.4) is 0 Å². The van der Waals surface area contributed by atoms with Crippen molar-refractivity contribution < 1.29 is 4.74 Å². The van der Waals surface area contributed by atoms with Crippen LogP contribution < -0.4 is 5.32 Å². The maximum Gasteiger partial charge on any atom is 0.0641 e. The average Bonchev–Trinajstić information content (AvgIpc) is 2.53. The van der Waals surface area contributed by atoms with Crippen molar-refractivity contribution in [2.75, 3.05) is 6.61 Å². The third-order valence-corrected chi connectivity index (χ3v) is 4.16. The van der Waals surface area contributed by atoms with Gasteiger partial charge in [-0.25, -0.2) is 0 Å². The molecule has 0 aliphatic carbocycles. The van der Waals surface area contributed by atoms with E-state index in [0.717, 1.165) is 26.0 Å². The van der Waals surface area contributed by atoms with Crippen LogP contribution in [-0.4, -0.2) is 22.8 Å². The molecule has 102 valence electrons. The molecule has 2 heterocycles. The molecule has 1 unspecified atom stereocenters. The van der Waals surface area contributed by atoms with Crippen LogP contribution in [0, 0.1) is 13.8 Å². The van der Waals surface area contributed by atoms with Crippen molar-refractivity contribution in [3.63, 3.8) is 0 Å². The zero-order chi connectivity index (χ0) is 13.3. The molecule has 2 rings (SSSR count). The second-order valence-electron chi connectivity index (χ2n) is 6.13. The van der Waals surface area contributed by atoms with E-state index in [0.29, 0.717) is 6.04 Å². The van der Waals surface area contributed by atoms with Crippen LogP contribution in [0.15, 0.2) is 6.07 Å². The first-order chi connectivity index (χ1) is 8.39.